The molecule has 0 saturated carbocycles. The lowest BCUT2D eigenvalue weighted by atomic mass is 9.96. The Balaban J connectivity index is 1.88. The molecule has 3 heteroatoms. The van der Waals surface area contributed by atoms with Crippen LogP contribution >= 0.6 is 0 Å². The van der Waals surface area contributed by atoms with Crippen LogP contribution in [-0.2, 0) is 12.8 Å². The van der Waals surface area contributed by atoms with Crippen LogP contribution in [0.5, 0.6) is 0 Å². The summed E-state index contributed by atoms with van der Waals surface area (Å²) in [5.41, 5.74) is 14.4. The van der Waals surface area contributed by atoms with E-state index in [0.29, 0.717) is 0 Å². The number of unbranched alkanes of at least 4 members (excludes halogenated alkanes) is 2. The van der Waals surface area contributed by atoms with Crippen molar-refractivity contribution < 1.29 is 0 Å². The fourth-order valence-corrected chi connectivity index (χ4v) is 4.24. The van der Waals surface area contributed by atoms with Crippen LogP contribution in [0.2, 0.25) is 0 Å². The van der Waals surface area contributed by atoms with Gasteiger partial charge in [-0.25, -0.2) is 0 Å². The van der Waals surface area contributed by atoms with E-state index < -0.39 is 0 Å². The van der Waals surface area contributed by atoms with Crippen molar-refractivity contribution in [3.05, 3.63) is 65.4 Å². The first kappa shape index (κ1) is 19.7. The Labute approximate surface area is 173 Å². The quantitative estimate of drug-likeness (QED) is 0.349. The zero-order chi connectivity index (χ0) is 20.2. The van der Waals surface area contributed by atoms with Gasteiger partial charge in [-0.3, -0.25) is 4.98 Å². The molecule has 0 fully saturated rings. The van der Waals surface area contributed by atoms with E-state index in [1.807, 2.05) is 6.92 Å². The van der Waals surface area contributed by atoms with E-state index in [2.05, 4.69) is 60.4 Å². The van der Waals surface area contributed by atoms with Crippen LogP contribution in [0.15, 0.2) is 48.5 Å². The van der Waals surface area contributed by atoms with E-state index in [1.165, 1.54) is 51.5 Å². The van der Waals surface area contributed by atoms with Gasteiger partial charge in [0.2, 0.25) is 0 Å². The molecule has 0 amide bonds. The second-order valence-corrected chi connectivity index (χ2v) is 8.03. The van der Waals surface area contributed by atoms with Gasteiger partial charge in [0, 0.05) is 27.5 Å². The largest absolute Gasteiger partial charge is 0.354 e. The third kappa shape index (κ3) is 4.06. The number of hydrogen-bond acceptors (Lipinski definition) is 2. The lowest BCUT2D eigenvalue weighted by Crippen LogP contribution is -1.99. The molecule has 29 heavy (non-hydrogen) atoms. The minimum atomic E-state index is 0.747. The Kier molecular flexibility index (Phi) is 5.96. The molecule has 3 N–H and O–H groups in total. The maximum absolute atomic E-state index is 5.78. The van der Waals surface area contributed by atoms with E-state index in [-0.39, 0.29) is 0 Å². The molecule has 0 aliphatic carbocycles. The van der Waals surface area contributed by atoms with Gasteiger partial charge in [0.25, 0.3) is 0 Å². The number of rotatable bonds is 8. The Bertz CT molecular complexity index is 1120. The smallest absolute Gasteiger partial charge is 0.0711 e. The van der Waals surface area contributed by atoms with E-state index in [9.17, 15) is 0 Å². The first-order valence-electron chi connectivity index (χ1n) is 10.9. The second-order valence-electron chi connectivity index (χ2n) is 8.03. The third-order valence-corrected chi connectivity index (χ3v) is 5.81. The predicted molar refractivity (Wildman–Crippen MR) is 124 cm³/mol. The summed E-state index contributed by atoms with van der Waals surface area (Å²) in [6.07, 6.45) is 6.81. The Morgan fingerprint density at radius 3 is 2.66 bits per heavy atom. The maximum atomic E-state index is 5.78. The number of H-pyrrole nitrogens is 1. The molecule has 0 aliphatic heterocycles. The minimum Gasteiger partial charge on any atom is -0.354 e. The van der Waals surface area contributed by atoms with Crippen molar-refractivity contribution >= 4 is 21.8 Å². The molecule has 0 unspecified atom stereocenters. The van der Waals surface area contributed by atoms with Crippen LogP contribution in [0.3, 0.4) is 0 Å². The average Bonchev–Trinajstić information content (AvgIpc) is 3.09. The molecule has 4 rings (SSSR count). The van der Waals surface area contributed by atoms with Crippen molar-refractivity contribution in [2.24, 2.45) is 5.73 Å². The molecule has 150 valence electrons. The Morgan fingerprint density at radius 1 is 0.931 bits per heavy atom. The summed E-state index contributed by atoms with van der Waals surface area (Å²) in [7, 11) is 0. The van der Waals surface area contributed by atoms with Crippen molar-refractivity contribution in [3.63, 3.8) is 0 Å². The maximum Gasteiger partial charge on any atom is 0.0711 e. The third-order valence-electron chi connectivity index (χ3n) is 5.81. The van der Waals surface area contributed by atoms with E-state index in [4.69, 9.17) is 10.7 Å². The van der Waals surface area contributed by atoms with Crippen molar-refractivity contribution in [2.75, 3.05) is 6.54 Å². The molecule has 4 aromatic rings. The highest BCUT2D eigenvalue weighted by Crippen LogP contribution is 2.36. The molecule has 0 atom stereocenters. The van der Waals surface area contributed by atoms with Crippen LogP contribution in [-0.4, -0.2) is 16.5 Å². The zero-order valence-electron chi connectivity index (χ0n) is 17.6. The van der Waals surface area contributed by atoms with Crippen molar-refractivity contribution in [1.29, 1.82) is 0 Å². The molecule has 0 spiro atoms. The number of aromatic amines is 1. The van der Waals surface area contributed by atoms with Gasteiger partial charge in [-0.15, -0.1) is 0 Å². The summed E-state index contributed by atoms with van der Waals surface area (Å²) in [6, 6.07) is 17.7. The van der Waals surface area contributed by atoms with Crippen LogP contribution < -0.4 is 5.73 Å². The monoisotopic (exact) mass is 385 g/mol. The van der Waals surface area contributed by atoms with Gasteiger partial charge in [-0.1, -0.05) is 37.6 Å². The molecule has 2 aromatic carbocycles. The van der Waals surface area contributed by atoms with Crippen LogP contribution in [0.25, 0.3) is 33.1 Å². The van der Waals surface area contributed by atoms with E-state index in [0.717, 1.165) is 43.4 Å². The topological polar surface area (TPSA) is 54.7 Å². The lowest BCUT2D eigenvalue weighted by Gasteiger charge is -2.09. The molecule has 3 nitrogen and oxygen atoms in total. The van der Waals surface area contributed by atoms with E-state index in [1.54, 1.807) is 0 Å². The fourth-order valence-electron chi connectivity index (χ4n) is 4.24. The van der Waals surface area contributed by atoms with E-state index >= 15 is 0 Å². The van der Waals surface area contributed by atoms with Crippen LogP contribution in [0, 0.1) is 6.92 Å². The first-order valence-corrected chi connectivity index (χ1v) is 10.9. The number of benzene rings is 2. The highest BCUT2D eigenvalue weighted by Gasteiger charge is 2.16. The summed E-state index contributed by atoms with van der Waals surface area (Å²) >= 11 is 0. The summed E-state index contributed by atoms with van der Waals surface area (Å²) in [4.78, 5) is 8.48. The van der Waals surface area contributed by atoms with Crippen LogP contribution in [0.1, 0.15) is 49.4 Å². The van der Waals surface area contributed by atoms with Gasteiger partial charge < -0.3 is 10.7 Å². The number of hydrogen-bond donors (Lipinski definition) is 2. The zero-order valence-corrected chi connectivity index (χ0v) is 17.6. The number of pyridine rings is 1. The average molecular weight is 386 g/mol. The fraction of sp³-hybridized carbons (Fsp3) is 0.346. The molecule has 0 aliphatic rings. The van der Waals surface area contributed by atoms with Gasteiger partial charge in [0.05, 0.1) is 11.2 Å². The molecule has 0 radical (unpaired) electrons. The molecular weight excluding hydrogens is 354 g/mol. The summed E-state index contributed by atoms with van der Waals surface area (Å²) in [6.45, 7) is 5.05. The number of aryl methyl sites for hydroxylation is 3. The predicted octanol–water partition coefficient (Wildman–Crippen LogP) is 6.32. The van der Waals surface area contributed by atoms with Gasteiger partial charge >= 0.3 is 0 Å². The lowest BCUT2D eigenvalue weighted by molar-refractivity contribution is 0.748. The van der Waals surface area contributed by atoms with Gasteiger partial charge in [-0.05, 0) is 81.0 Å². The van der Waals surface area contributed by atoms with Crippen molar-refractivity contribution in [1.82, 2.24) is 9.97 Å². The van der Waals surface area contributed by atoms with Crippen molar-refractivity contribution in [2.45, 2.75) is 52.4 Å². The second kappa shape index (κ2) is 8.79. The molecule has 2 heterocycles. The first-order chi connectivity index (χ1) is 14.2. The highest BCUT2D eigenvalue weighted by atomic mass is 14.7. The molecular formula is C26H31N3. The number of nitrogens with one attached hydrogen (secondary N) is 1. The van der Waals surface area contributed by atoms with Crippen molar-refractivity contribution in [3.8, 4) is 11.3 Å². The van der Waals surface area contributed by atoms with Gasteiger partial charge in [-0.2, -0.15) is 0 Å². The number of aromatic nitrogens is 2. The Hall–Kier alpha value is -2.65. The number of fused-ring (bicyclic) bond motifs is 2. The highest BCUT2D eigenvalue weighted by molar-refractivity contribution is 5.99. The SMILES string of the molecule is CCCCc1ccc2[nH]c(-c3cccc4nc(C)ccc34)c(CCCCN)c2c1. The number of nitrogens with zero attached hydrogens (tertiary/aromatic N) is 1. The summed E-state index contributed by atoms with van der Waals surface area (Å²) < 4.78 is 0. The summed E-state index contributed by atoms with van der Waals surface area (Å²) in [5, 5.41) is 2.57. The van der Waals surface area contributed by atoms with Gasteiger partial charge in [0.15, 0.2) is 0 Å². The summed E-state index contributed by atoms with van der Waals surface area (Å²) in [5.74, 6) is 0. The molecule has 0 bridgehead atoms. The van der Waals surface area contributed by atoms with Crippen LogP contribution in [0.4, 0.5) is 0 Å². The standard InChI is InChI=1S/C26H31N3/c1-3-4-8-19-13-15-25-23(17-19)22(9-5-6-16-27)26(29-25)21-10-7-11-24-20(21)14-12-18(2)28-24/h7,10-15,17,29H,3-6,8-9,16,27H2,1-2H3. The molecule has 2 aromatic heterocycles. The minimum absolute atomic E-state index is 0.747. The normalized spacial score (nSPS) is 11.6. The molecule has 0 saturated heterocycles. The number of nitrogens with two attached hydrogens (primary N) is 1. The van der Waals surface area contributed by atoms with Gasteiger partial charge in [0.1, 0.15) is 0 Å². The Morgan fingerprint density at radius 2 is 1.83 bits per heavy atom.